The highest BCUT2D eigenvalue weighted by Gasteiger charge is 2.29. The van der Waals surface area contributed by atoms with Crippen molar-refractivity contribution in [3.63, 3.8) is 0 Å². The zero-order valence-electron chi connectivity index (χ0n) is 17.2. The zero-order valence-corrected chi connectivity index (χ0v) is 17.2. The normalized spacial score (nSPS) is 18.8. The number of amides is 3. The van der Waals surface area contributed by atoms with E-state index in [2.05, 4.69) is 31.2 Å². The molecule has 6 N–H and O–H groups in total. The van der Waals surface area contributed by atoms with Gasteiger partial charge in [0.25, 0.3) is 0 Å². The van der Waals surface area contributed by atoms with Gasteiger partial charge in [-0.2, -0.15) is 0 Å². The number of carboxylic acids is 1. The van der Waals surface area contributed by atoms with E-state index in [1.807, 2.05) is 6.92 Å². The summed E-state index contributed by atoms with van der Waals surface area (Å²) in [5, 5.41) is 20.0. The van der Waals surface area contributed by atoms with E-state index < -0.39 is 36.4 Å². The molecule has 11 nitrogen and oxygen atoms in total. The van der Waals surface area contributed by atoms with Crippen molar-refractivity contribution in [2.24, 2.45) is 5.92 Å². The lowest BCUT2D eigenvalue weighted by Gasteiger charge is -2.22. The average Bonchev–Trinajstić information content (AvgIpc) is 3.42. The minimum Gasteiger partial charge on any atom is -0.480 e. The van der Waals surface area contributed by atoms with E-state index in [-0.39, 0.29) is 24.3 Å². The lowest BCUT2D eigenvalue weighted by atomic mass is 9.99. The van der Waals surface area contributed by atoms with Crippen molar-refractivity contribution in [2.75, 3.05) is 13.1 Å². The van der Waals surface area contributed by atoms with Crippen LogP contribution in [0.1, 0.15) is 38.8 Å². The number of aromatic nitrogens is 2. The molecule has 4 unspecified atom stereocenters. The van der Waals surface area contributed by atoms with Gasteiger partial charge < -0.3 is 31.4 Å². The van der Waals surface area contributed by atoms with Gasteiger partial charge in [0.15, 0.2) is 0 Å². The van der Waals surface area contributed by atoms with Crippen LogP contribution in [0, 0.1) is 5.92 Å². The number of nitrogens with zero attached hydrogens (tertiary/aromatic N) is 1. The largest absolute Gasteiger partial charge is 0.480 e. The van der Waals surface area contributed by atoms with Crippen molar-refractivity contribution in [3.8, 4) is 0 Å². The lowest BCUT2D eigenvalue weighted by Crippen LogP contribution is -2.54. The maximum atomic E-state index is 12.7. The van der Waals surface area contributed by atoms with Gasteiger partial charge in [-0.15, -0.1) is 0 Å². The molecule has 0 bridgehead atoms. The molecule has 1 aliphatic heterocycles. The van der Waals surface area contributed by atoms with Gasteiger partial charge in [-0.05, 0) is 25.3 Å². The highest BCUT2D eigenvalue weighted by Crippen LogP contribution is 2.08. The summed E-state index contributed by atoms with van der Waals surface area (Å²) in [5.74, 6) is -2.81. The molecule has 0 aliphatic carbocycles. The van der Waals surface area contributed by atoms with Gasteiger partial charge in [-0.25, -0.2) is 9.78 Å². The Morgan fingerprint density at radius 3 is 2.63 bits per heavy atom. The molecule has 1 fully saturated rings. The molecule has 4 atom stereocenters. The maximum Gasteiger partial charge on any atom is 0.326 e. The predicted molar refractivity (Wildman–Crippen MR) is 107 cm³/mol. The predicted octanol–water partition coefficient (Wildman–Crippen LogP) is -1.08. The minimum absolute atomic E-state index is 0.177. The summed E-state index contributed by atoms with van der Waals surface area (Å²) in [6.07, 6.45) is 5.36. The Morgan fingerprint density at radius 1 is 1.30 bits per heavy atom. The molecule has 0 saturated carbocycles. The first-order chi connectivity index (χ1) is 14.3. The number of rotatable bonds is 11. The van der Waals surface area contributed by atoms with E-state index in [0.717, 1.165) is 13.0 Å². The molecular formula is C19H30N6O5. The van der Waals surface area contributed by atoms with Crippen molar-refractivity contribution in [1.29, 1.82) is 0 Å². The Morgan fingerprint density at radius 2 is 2.07 bits per heavy atom. The summed E-state index contributed by atoms with van der Waals surface area (Å²) in [5.41, 5.74) is 0.655. The number of aromatic amines is 1. The summed E-state index contributed by atoms with van der Waals surface area (Å²) in [4.78, 5) is 55.4. The van der Waals surface area contributed by atoms with Gasteiger partial charge in [0.1, 0.15) is 12.1 Å². The molecule has 3 amide bonds. The molecule has 11 heteroatoms. The SMILES string of the molecule is CCC(C)C(NC(=O)CNC(=O)C(Cc1cnc[nH]1)NC(=O)C1CCCN1)C(=O)O. The van der Waals surface area contributed by atoms with Crippen molar-refractivity contribution >= 4 is 23.7 Å². The van der Waals surface area contributed by atoms with Crippen LogP contribution in [0.3, 0.4) is 0 Å². The van der Waals surface area contributed by atoms with Crippen LogP contribution in [0.4, 0.5) is 0 Å². The van der Waals surface area contributed by atoms with E-state index in [9.17, 15) is 24.3 Å². The van der Waals surface area contributed by atoms with E-state index in [4.69, 9.17) is 0 Å². The molecule has 166 valence electrons. The van der Waals surface area contributed by atoms with Gasteiger partial charge in [0.2, 0.25) is 17.7 Å². The number of H-pyrrole nitrogens is 1. The quantitative estimate of drug-likeness (QED) is 0.264. The Bertz CT molecular complexity index is 732. The topological polar surface area (TPSA) is 165 Å². The number of nitrogens with one attached hydrogen (secondary N) is 5. The van der Waals surface area contributed by atoms with E-state index in [0.29, 0.717) is 18.5 Å². The number of carboxylic acid groups (broad SMARTS) is 1. The molecular weight excluding hydrogens is 392 g/mol. The van der Waals surface area contributed by atoms with Crippen LogP contribution < -0.4 is 21.3 Å². The van der Waals surface area contributed by atoms with E-state index in [1.54, 1.807) is 13.1 Å². The summed E-state index contributed by atoms with van der Waals surface area (Å²) in [7, 11) is 0. The Hall–Kier alpha value is -2.95. The second kappa shape index (κ2) is 11.3. The highest BCUT2D eigenvalue weighted by atomic mass is 16.4. The van der Waals surface area contributed by atoms with Crippen LogP contribution in [0.15, 0.2) is 12.5 Å². The van der Waals surface area contributed by atoms with Crippen molar-refractivity contribution in [3.05, 3.63) is 18.2 Å². The number of carbonyl (C=O) groups excluding carboxylic acids is 3. The molecule has 2 heterocycles. The summed E-state index contributed by atoms with van der Waals surface area (Å²) in [6.45, 7) is 3.91. The molecule has 1 aromatic rings. The minimum atomic E-state index is -1.13. The van der Waals surface area contributed by atoms with Crippen LogP contribution in [-0.2, 0) is 25.6 Å². The van der Waals surface area contributed by atoms with Crippen molar-refractivity contribution in [2.45, 2.75) is 57.7 Å². The summed E-state index contributed by atoms with van der Waals surface area (Å²) < 4.78 is 0. The van der Waals surface area contributed by atoms with Crippen LogP contribution in [0.25, 0.3) is 0 Å². The Balaban J connectivity index is 1.94. The lowest BCUT2D eigenvalue weighted by molar-refractivity contribution is -0.143. The number of aliphatic carboxylic acids is 1. The first kappa shape index (κ1) is 23.3. The molecule has 0 spiro atoms. The number of hydrogen-bond donors (Lipinski definition) is 6. The third-order valence-corrected chi connectivity index (χ3v) is 5.21. The fourth-order valence-corrected chi connectivity index (χ4v) is 3.20. The second-order valence-corrected chi connectivity index (χ2v) is 7.48. The molecule has 30 heavy (non-hydrogen) atoms. The smallest absolute Gasteiger partial charge is 0.326 e. The molecule has 1 aliphatic rings. The Labute approximate surface area is 174 Å². The van der Waals surface area contributed by atoms with Crippen molar-refractivity contribution in [1.82, 2.24) is 31.2 Å². The van der Waals surface area contributed by atoms with Gasteiger partial charge >= 0.3 is 5.97 Å². The summed E-state index contributed by atoms with van der Waals surface area (Å²) >= 11 is 0. The fraction of sp³-hybridized carbons (Fsp3) is 0.632. The molecule has 1 saturated heterocycles. The number of carbonyl (C=O) groups is 4. The standard InChI is InChI=1S/C19H30N6O5/c1-3-11(2)16(19(29)30)25-15(26)9-22-17(27)14(7-12-8-20-10-23-12)24-18(28)13-5-4-6-21-13/h8,10-11,13-14,16,21H,3-7,9H2,1-2H3,(H,20,23)(H,22,27)(H,24,28)(H,25,26)(H,29,30). The molecule has 1 aromatic heterocycles. The number of hydrogen-bond acceptors (Lipinski definition) is 6. The van der Waals surface area contributed by atoms with E-state index in [1.165, 1.54) is 6.33 Å². The first-order valence-electron chi connectivity index (χ1n) is 10.1. The van der Waals surface area contributed by atoms with Gasteiger partial charge in [0.05, 0.1) is 18.9 Å². The fourth-order valence-electron chi connectivity index (χ4n) is 3.20. The third kappa shape index (κ3) is 6.83. The van der Waals surface area contributed by atoms with Crippen LogP contribution in [0.2, 0.25) is 0 Å². The molecule has 0 radical (unpaired) electrons. The zero-order chi connectivity index (χ0) is 22.1. The summed E-state index contributed by atoms with van der Waals surface area (Å²) in [6, 6.07) is -2.29. The first-order valence-corrected chi connectivity index (χ1v) is 10.1. The van der Waals surface area contributed by atoms with Gasteiger partial charge in [-0.3, -0.25) is 14.4 Å². The van der Waals surface area contributed by atoms with Crippen LogP contribution >= 0.6 is 0 Å². The second-order valence-electron chi connectivity index (χ2n) is 7.48. The average molecular weight is 422 g/mol. The van der Waals surface area contributed by atoms with Crippen molar-refractivity contribution < 1.29 is 24.3 Å². The third-order valence-electron chi connectivity index (χ3n) is 5.21. The van der Waals surface area contributed by atoms with Crippen LogP contribution in [0.5, 0.6) is 0 Å². The number of imidazole rings is 1. The monoisotopic (exact) mass is 422 g/mol. The maximum absolute atomic E-state index is 12.7. The molecule has 2 rings (SSSR count). The molecule has 0 aromatic carbocycles. The van der Waals surface area contributed by atoms with Gasteiger partial charge in [-0.1, -0.05) is 20.3 Å². The van der Waals surface area contributed by atoms with Gasteiger partial charge in [0, 0.05) is 18.3 Å². The van der Waals surface area contributed by atoms with Crippen LogP contribution in [-0.4, -0.2) is 70.0 Å². The highest BCUT2D eigenvalue weighted by molar-refractivity contribution is 5.92. The Kier molecular flexibility index (Phi) is 8.78. The van der Waals surface area contributed by atoms with E-state index >= 15 is 0 Å².